The van der Waals surface area contributed by atoms with E-state index < -0.39 is 0 Å². The minimum Gasteiger partial charge on any atom is -0.497 e. The van der Waals surface area contributed by atoms with E-state index in [1.54, 1.807) is 7.11 Å². The Morgan fingerprint density at radius 3 is 2.35 bits per heavy atom. The smallest absolute Gasteiger partial charge is 0.119 e. The second-order valence-corrected chi connectivity index (χ2v) is 5.45. The maximum Gasteiger partial charge on any atom is 0.119 e. The maximum absolute atomic E-state index is 9.60. The highest BCUT2D eigenvalue weighted by molar-refractivity contribution is 5.31. The third-order valence-corrected chi connectivity index (χ3v) is 4.04. The molecule has 0 amide bonds. The summed E-state index contributed by atoms with van der Waals surface area (Å²) >= 11 is 0. The molecule has 2 N–H and O–H groups in total. The van der Waals surface area contributed by atoms with Crippen LogP contribution in [0.3, 0.4) is 0 Å². The van der Waals surface area contributed by atoms with Crippen LogP contribution in [0.5, 0.6) is 11.5 Å². The standard InChI is InChI=1S/C16H25NO3/c1-19-14-5-7-15(8-6-14)20-12-11-17-16(13-18)9-3-2-4-10-16/h5-8,17-18H,2-4,9-13H2,1H3. The Morgan fingerprint density at radius 2 is 1.75 bits per heavy atom. The van der Waals surface area contributed by atoms with Gasteiger partial charge in [0.05, 0.1) is 13.7 Å². The quantitative estimate of drug-likeness (QED) is 0.752. The van der Waals surface area contributed by atoms with Crippen LogP contribution in [0.1, 0.15) is 32.1 Å². The molecule has 0 heterocycles. The van der Waals surface area contributed by atoms with Crippen molar-refractivity contribution in [3.8, 4) is 11.5 Å². The number of hydrogen-bond donors (Lipinski definition) is 2. The summed E-state index contributed by atoms with van der Waals surface area (Å²) in [6.07, 6.45) is 5.81. The highest BCUT2D eigenvalue weighted by Crippen LogP contribution is 2.27. The molecule has 1 aliphatic carbocycles. The average molecular weight is 279 g/mol. The zero-order chi connectivity index (χ0) is 14.3. The molecule has 0 aliphatic heterocycles. The van der Waals surface area contributed by atoms with Crippen molar-refractivity contribution in [2.45, 2.75) is 37.6 Å². The molecular weight excluding hydrogens is 254 g/mol. The third-order valence-electron chi connectivity index (χ3n) is 4.04. The van der Waals surface area contributed by atoms with Crippen LogP contribution in [0.15, 0.2) is 24.3 Å². The van der Waals surface area contributed by atoms with Gasteiger partial charge < -0.3 is 19.9 Å². The van der Waals surface area contributed by atoms with Crippen LogP contribution >= 0.6 is 0 Å². The minimum atomic E-state index is -0.0818. The average Bonchev–Trinajstić information content (AvgIpc) is 2.53. The molecule has 2 rings (SSSR count). The van der Waals surface area contributed by atoms with E-state index in [1.807, 2.05) is 24.3 Å². The number of hydrogen-bond acceptors (Lipinski definition) is 4. The molecule has 1 aromatic rings. The molecule has 0 spiro atoms. The van der Waals surface area contributed by atoms with Gasteiger partial charge in [-0.1, -0.05) is 19.3 Å². The maximum atomic E-state index is 9.60. The predicted molar refractivity (Wildman–Crippen MR) is 79.4 cm³/mol. The van der Waals surface area contributed by atoms with Crippen LogP contribution in [0.4, 0.5) is 0 Å². The zero-order valence-corrected chi connectivity index (χ0v) is 12.2. The molecule has 0 bridgehead atoms. The number of nitrogens with one attached hydrogen (secondary N) is 1. The molecule has 1 aromatic carbocycles. The van der Waals surface area contributed by atoms with Crippen molar-refractivity contribution in [3.63, 3.8) is 0 Å². The Labute approximate surface area is 121 Å². The molecule has 0 atom stereocenters. The second kappa shape index (κ2) is 7.50. The summed E-state index contributed by atoms with van der Waals surface area (Å²) in [5, 5.41) is 13.1. The van der Waals surface area contributed by atoms with E-state index in [9.17, 15) is 5.11 Å². The molecule has 0 saturated heterocycles. The highest BCUT2D eigenvalue weighted by atomic mass is 16.5. The van der Waals surface area contributed by atoms with Crippen molar-refractivity contribution in [1.29, 1.82) is 0 Å². The summed E-state index contributed by atoms with van der Waals surface area (Å²) < 4.78 is 10.8. The van der Waals surface area contributed by atoms with Gasteiger partial charge in [0.15, 0.2) is 0 Å². The molecule has 0 aromatic heterocycles. The number of methoxy groups -OCH3 is 1. The topological polar surface area (TPSA) is 50.7 Å². The largest absolute Gasteiger partial charge is 0.497 e. The molecule has 4 heteroatoms. The number of ether oxygens (including phenoxy) is 2. The first-order valence-electron chi connectivity index (χ1n) is 7.41. The zero-order valence-electron chi connectivity index (χ0n) is 12.2. The van der Waals surface area contributed by atoms with Crippen LogP contribution in [0.2, 0.25) is 0 Å². The number of aliphatic hydroxyl groups is 1. The van der Waals surface area contributed by atoms with E-state index in [4.69, 9.17) is 9.47 Å². The molecule has 0 radical (unpaired) electrons. The van der Waals surface area contributed by atoms with Crippen molar-refractivity contribution in [3.05, 3.63) is 24.3 Å². The van der Waals surface area contributed by atoms with Gasteiger partial charge in [-0.25, -0.2) is 0 Å². The first-order valence-corrected chi connectivity index (χ1v) is 7.41. The van der Waals surface area contributed by atoms with Gasteiger partial charge in [0.2, 0.25) is 0 Å². The summed E-state index contributed by atoms with van der Waals surface area (Å²) in [7, 11) is 1.65. The van der Waals surface area contributed by atoms with E-state index in [0.717, 1.165) is 30.9 Å². The molecule has 1 fully saturated rings. The lowest BCUT2D eigenvalue weighted by Gasteiger charge is -2.36. The van der Waals surface area contributed by atoms with E-state index in [-0.39, 0.29) is 12.1 Å². The van der Waals surface area contributed by atoms with Gasteiger partial charge in [-0.15, -0.1) is 0 Å². The van der Waals surface area contributed by atoms with Crippen molar-refractivity contribution >= 4 is 0 Å². The molecule has 4 nitrogen and oxygen atoms in total. The Hall–Kier alpha value is -1.26. The summed E-state index contributed by atoms with van der Waals surface area (Å²) in [4.78, 5) is 0. The highest BCUT2D eigenvalue weighted by Gasteiger charge is 2.30. The summed E-state index contributed by atoms with van der Waals surface area (Å²) in [5.41, 5.74) is -0.0818. The summed E-state index contributed by atoms with van der Waals surface area (Å²) in [6.45, 7) is 1.58. The van der Waals surface area contributed by atoms with Gasteiger partial charge in [-0.3, -0.25) is 0 Å². The van der Waals surface area contributed by atoms with E-state index in [2.05, 4.69) is 5.32 Å². The van der Waals surface area contributed by atoms with Crippen molar-refractivity contribution < 1.29 is 14.6 Å². The van der Waals surface area contributed by atoms with Crippen LogP contribution < -0.4 is 14.8 Å². The van der Waals surface area contributed by atoms with E-state index >= 15 is 0 Å². The van der Waals surface area contributed by atoms with Gasteiger partial charge in [-0.2, -0.15) is 0 Å². The SMILES string of the molecule is COc1ccc(OCCNC2(CO)CCCCC2)cc1. The van der Waals surface area contributed by atoms with Crippen molar-refractivity contribution in [1.82, 2.24) is 5.32 Å². The van der Waals surface area contributed by atoms with Crippen molar-refractivity contribution in [2.75, 3.05) is 26.9 Å². The Bertz CT molecular complexity index is 385. The first-order chi connectivity index (χ1) is 9.78. The Balaban J connectivity index is 1.72. The van der Waals surface area contributed by atoms with Gasteiger partial charge in [0.25, 0.3) is 0 Å². The van der Waals surface area contributed by atoms with Crippen LogP contribution in [-0.4, -0.2) is 37.5 Å². The summed E-state index contributed by atoms with van der Waals surface area (Å²) in [5.74, 6) is 1.67. The van der Waals surface area contributed by atoms with Gasteiger partial charge in [-0.05, 0) is 37.1 Å². The molecule has 20 heavy (non-hydrogen) atoms. The first kappa shape index (κ1) is 15.1. The Kier molecular flexibility index (Phi) is 5.68. The van der Waals surface area contributed by atoms with Gasteiger partial charge in [0, 0.05) is 12.1 Å². The fourth-order valence-electron chi connectivity index (χ4n) is 2.78. The molecular formula is C16H25NO3. The monoisotopic (exact) mass is 279 g/mol. The van der Waals surface area contributed by atoms with Gasteiger partial charge in [0.1, 0.15) is 18.1 Å². The Morgan fingerprint density at radius 1 is 1.10 bits per heavy atom. The lowest BCUT2D eigenvalue weighted by Crippen LogP contribution is -2.51. The fraction of sp³-hybridized carbons (Fsp3) is 0.625. The third kappa shape index (κ3) is 4.12. The van der Waals surface area contributed by atoms with Gasteiger partial charge >= 0.3 is 0 Å². The van der Waals surface area contributed by atoms with Crippen LogP contribution in [0.25, 0.3) is 0 Å². The minimum absolute atomic E-state index is 0.0818. The van der Waals surface area contributed by atoms with Crippen LogP contribution in [0, 0.1) is 0 Å². The fourth-order valence-corrected chi connectivity index (χ4v) is 2.78. The van der Waals surface area contributed by atoms with Crippen molar-refractivity contribution in [2.24, 2.45) is 0 Å². The van der Waals surface area contributed by atoms with E-state index in [0.29, 0.717) is 6.61 Å². The predicted octanol–water partition coefficient (Wildman–Crippen LogP) is 2.36. The molecule has 0 unspecified atom stereocenters. The number of aliphatic hydroxyl groups excluding tert-OH is 1. The number of rotatable bonds is 7. The number of benzene rings is 1. The van der Waals surface area contributed by atoms with Crippen LogP contribution in [-0.2, 0) is 0 Å². The second-order valence-electron chi connectivity index (χ2n) is 5.45. The lowest BCUT2D eigenvalue weighted by atomic mass is 9.82. The normalized spacial score (nSPS) is 17.7. The van der Waals surface area contributed by atoms with E-state index in [1.165, 1.54) is 19.3 Å². The molecule has 1 aliphatic rings. The summed E-state index contributed by atoms with van der Waals surface area (Å²) in [6, 6.07) is 7.58. The molecule has 112 valence electrons. The molecule has 1 saturated carbocycles. The lowest BCUT2D eigenvalue weighted by molar-refractivity contribution is 0.116.